The van der Waals surface area contributed by atoms with Gasteiger partial charge in [0.05, 0.1) is 4.90 Å². The third kappa shape index (κ3) is 4.83. The molecule has 0 saturated heterocycles. The van der Waals surface area contributed by atoms with Crippen molar-refractivity contribution in [1.29, 1.82) is 0 Å². The van der Waals surface area contributed by atoms with Crippen LogP contribution in [0.3, 0.4) is 0 Å². The predicted molar refractivity (Wildman–Crippen MR) is 70.2 cm³/mol. The molecule has 0 aliphatic rings. The van der Waals surface area contributed by atoms with Gasteiger partial charge in [-0.3, -0.25) is 9.54 Å². The highest BCUT2D eigenvalue weighted by Crippen LogP contribution is 2.12. The number of halogens is 1. The van der Waals surface area contributed by atoms with Gasteiger partial charge in [-0.2, -0.15) is 8.42 Å². The van der Waals surface area contributed by atoms with Crippen molar-refractivity contribution < 1.29 is 13.0 Å². The largest absolute Gasteiger partial charge is 0.294 e. The van der Waals surface area contributed by atoms with Crippen molar-refractivity contribution in [2.45, 2.75) is 11.8 Å². The molecule has 1 aromatic heterocycles. The molecule has 0 atom stereocenters. The lowest BCUT2D eigenvalue weighted by Crippen LogP contribution is -1.99. The monoisotopic (exact) mass is 285 g/mol. The van der Waals surface area contributed by atoms with E-state index in [9.17, 15) is 8.42 Å². The summed E-state index contributed by atoms with van der Waals surface area (Å²) in [5.41, 5.74) is 0.551. The lowest BCUT2D eigenvalue weighted by Gasteiger charge is -1.99. The van der Waals surface area contributed by atoms with Crippen LogP contribution in [0, 0.1) is 6.92 Å². The van der Waals surface area contributed by atoms with Crippen LogP contribution in [0.15, 0.2) is 53.7 Å². The Morgan fingerprint density at radius 1 is 1.11 bits per heavy atom. The number of pyridine rings is 1. The average Bonchev–Trinajstić information content (AvgIpc) is 2.30. The van der Waals surface area contributed by atoms with E-state index in [1.807, 2.05) is 0 Å². The van der Waals surface area contributed by atoms with Crippen molar-refractivity contribution in [1.82, 2.24) is 4.98 Å². The Kier molecular flexibility index (Phi) is 5.27. The summed E-state index contributed by atoms with van der Waals surface area (Å²) in [7, 11) is -4.03. The number of aromatic nitrogens is 1. The second-order valence-corrected chi connectivity index (χ2v) is 5.23. The molecule has 0 aliphatic carbocycles. The number of aryl methyl sites for hydroxylation is 1. The van der Waals surface area contributed by atoms with Crippen LogP contribution in [0.25, 0.3) is 0 Å². The molecule has 1 N–H and O–H groups in total. The standard InChI is InChI=1S/C7H8O3S.C5H4ClN/c1-6-4-2-3-5-7(6)11(8,9)10;6-5-1-3-7-4-2-5/h2-5H,1H3,(H,8,9,10);1-4H. The number of hydrogen-bond donors (Lipinski definition) is 1. The Morgan fingerprint density at radius 3 is 2.00 bits per heavy atom. The van der Waals surface area contributed by atoms with Crippen LogP contribution in [-0.4, -0.2) is 18.0 Å². The lowest BCUT2D eigenvalue weighted by atomic mass is 10.2. The SMILES string of the molecule is Cc1ccccc1S(=O)(=O)O.Clc1ccncc1. The van der Waals surface area contributed by atoms with Crippen LogP contribution in [-0.2, 0) is 10.1 Å². The van der Waals surface area contributed by atoms with Gasteiger partial charge in [0.2, 0.25) is 0 Å². The van der Waals surface area contributed by atoms with Gasteiger partial charge in [-0.15, -0.1) is 0 Å². The van der Waals surface area contributed by atoms with E-state index >= 15 is 0 Å². The van der Waals surface area contributed by atoms with Gasteiger partial charge in [0.15, 0.2) is 0 Å². The smallest absolute Gasteiger partial charge is 0.282 e. The molecule has 96 valence electrons. The highest BCUT2D eigenvalue weighted by atomic mass is 35.5. The van der Waals surface area contributed by atoms with Crippen molar-refractivity contribution in [2.75, 3.05) is 0 Å². The summed E-state index contributed by atoms with van der Waals surface area (Å²) in [6.07, 6.45) is 3.31. The fourth-order valence-corrected chi connectivity index (χ4v) is 2.02. The third-order valence-electron chi connectivity index (χ3n) is 2.01. The van der Waals surface area contributed by atoms with Crippen LogP contribution < -0.4 is 0 Å². The maximum atomic E-state index is 10.6. The molecule has 0 amide bonds. The quantitative estimate of drug-likeness (QED) is 0.818. The zero-order valence-corrected chi connectivity index (χ0v) is 11.2. The van der Waals surface area contributed by atoms with Gasteiger partial charge in [-0.25, -0.2) is 0 Å². The van der Waals surface area contributed by atoms with E-state index in [0.29, 0.717) is 5.56 Å². The second-order valence-electron chi connectivity index (χ2n) is 3.41. The maximum absolute atomic E-state index is 10.6. The summed E-state index contributed by atoms with van der Waals surface area (Å²) in [5, 5.41) is 0.731. The van der Waals surface area contributed by atoms with Crippen LogP contribution in [0.1, 0.15) is 5.56 Å². The molecule has 0 aliphatic heterocycles. The zero-order valence-electron chi connectivity index (χ0n) is 9.62. The molecular formula is C12H12ClNO3S. The van der Waals surface area contributed by atoms with Crippen LogP contribution in [0.5, 0.6) is 0 Å². The van der Waals surface area contributed by atoms with Crippen LogP contribution >= 0.6 is 11.6 Å². The van der Waals surface area contributed by atoms with Gasteiger partial charge in [0, 0.05) is 17.4 Å². The predicted octanol–water partition coefficient (Wildman–Crippen LogP) is 2.98. The highest BCUT2D eigenvalue weighted by molar-refractivity contribution is 7.85. The topological polar surface area (TPSA) is 67.3 Å². The molecule has 18 heavy (non-hydrogen) atoms. The van der Waals surface area contributed by atoms with Crippen molar-refractivity contribution >= 4 is 21.7 Å². The Morgan fingerprint density at radius 2 is 1.67 bits per heavy atom. The second kappa shape index (κ2) is 6.49. The maximum Gasteiger partial charge on any atom is 0.294 e. The van der Waals surface area contributed by atoms with Gasteiger partial charge in [-0.05, 0) is 30.7 Å². The zero-order chi connectivity index (χ0) is 13.6. The first-order valence-corrected chi connectivity index (χ1v) is 6.81. The third-order valence-corrected chi connectivity index (χ3v) is 3.28. The minimum atomic E-state index is -4.03. The van der Waals surface area contributed by atoms with Gasteiger partial charge >= 0.3 is 0 Å². The Balaban J connectivity index is 0.000000199. The van der Waals surface area contributed by atoms with Gasteiger partial charge < -0.3 is 0 Å². The molecule has 1 aromatic carbocycles. The molecule has 6 heteroatoms. The number of benzene rings is 1. The Labute approximate surface area is 111 Å². The molecule has 0 saturated carbocycles. The Bertz CT molecular complexity index is 600. The molecule has 4 nitrogen and oxygen atoms in total. The van der Waals surface area contributed by atoms with E-state index in [2.05, 4.69) is 4.98 Å². The van der Waals surface area contributed by atoms with Crippen molar-refractivity contribution in [3.8, 4) is 0 Å². The summed E-state index contributed by atoms with van der Waals surface area (Å²) in [4.78, 5) is 3.73. The van der Waals surface area contributed by atoms with E-state index in [1.54, 1.807) is 49.6 Å². The molecule has 0 bridgehead atoms. The molecule has 0 unspecified atom stereocenters. The number of hydrogen-bond acceptors (Lipinski definition) is 3. The normalized spacial score (nSPS) is 10.4. The first-order chi connectivity index (χ1) is 8.41. The van der Waals surface area contributed by atoms with Gasteiger partial charge in [-0.1, -0.05) is 29.8 Å². The van der Waals surface area contributed by atoms with Gasteiger partial charge in [0.25, 0.3) is 10.1 Å². The van der Waals surface area contributed by atoms with Crippen LogP contribution in [0.4, 0.5) is 0 Å². The van der Waals surface area contributed by atoms with Gasteiger partial charge in [0.1, 0.15) is 0 Å². The summed E-state index contributed by atoms with van der Waals surface area (Å²) >= 11 is 5.50. The molecule has 0 spiro atoms. The first kappa shape index (κ1) is 14.6. The minimum absolute atomic E-state index is 0.0278. The van der Waals surface area contributed by atoms with Crippen molar-refractivity contribution in [3.63, 3.8) is 0 Å². The molecular weight excluding hydrogens is 274 g/mol. The number of nitrogens with zero attached hydrogens (tertiary/aromatic N) is 1. The summed E-state index contributed by atoms with van der Waals surface area (Å²) < 4.78 is 29.9. The van der Waals surface area contributed by atoms with Crippen molar-refractivity contribution in [2.24, 2.45) is 0 Å². The van der Waals surface area contributed by atoms with E-state index in [1.165, 1.54) is 6.07 Å². The van der Waals surface area contributed by atoms with E-state index in [0.717, 1.165) is 5.02 Å². The summed E-state index contributed by atoms with van der Waals surface area (Å²) in [6.45, 7) is 1.63. The number of rotatable bonds is 1. The van der Waals surface area contributed by atoms with Crippen molar-refractivity contribution in [3.05, 3.63) is 59.4 Å². The Hall–Kier alpha value is -1.43. The molecule has 2 rings (SSSR count). The lowest BCUT2D eigenvalue weighted by molar-refractivity contribution is 0.482. The van der Waals surface area contributed by atoms with Crippen LogP contribution in [0.2, 0.25) is 5.02 Å². The highest BCUT2D eigenvalue weighted by Gasteiger charge is 2.10. The summed E-state index contributed by atoms with van der Waals surface area (Å²) in [5.74, 6) is 0. The first-order valence-electron chi connectivity index (χ1n) is 5.00. The molecule has 1 heterocycles. The van der Waals surface area contributed by atoms with E-state index < -0.39 is 10.1 Å². The fraction of sp³-hybridized carbons (Fsp3) is 0.0833. The van der Waals surface area contributed by atoms with E-state index in [-0.39, 0.29) is 4.90 Å². The fourth-order valence-electron chi connectivity index (χ4n) is 1.18. The molecule has 0 radical (unpaired) electrons. The summed E-state index contributed by atoms with van der Waals surface area (Å²) in [6, 6.07) is 9.75. The molecule has 0 fully saturated rings. The van der Waals surface area contributed by atoms with E-state index in [4.69, 9.17) is 16.2 Å². The minimum Gasteiger partial charge on any atom is -0.282 e. The molecule has 2 aromatic rings. The average molecular weight is 286 g/mol.